The van der Waals surface area contributed by atoms with E-state index in [-0.39, 0.29) is 0 Å². The Morgan fingerprint density at radius 1 is 1.18 bits per heavy atom. The molecular weight excluding hydrogens is 216 g/mol. The van der Waals surface area contributed by atoms with Gasteiger partial charge in [0.25, 0.3) is 5.91 Å². The number of carbonyl (C=O) groups excluding carboxylic acids is 2. The number of rotatable bonds is 2. The Labute approximate surface area is 99.2 Å². The van der Waals surface area contributed by atoms with E-state index in [1.165, 1.54) is 4.90 Å². The zero-order valence-corrected chi connectivity index (χ0v) is 10.1. The number of fused-ring (bicyclic) bond motifs is 1. The maximum absolute atomic E-state index is 11.8. The van der Waals surface area contributed by atoms with Gasteiger partial charge >= 0.3 is 0 Å². The molecule has 1 N–H and O–H groups in total. The number of hydrogen-bond donors (Lipinski definition) is 1. The molecule has 1 heterocycles. The summed E-state index contributed by atoms with van der Waals surface area (Å²) < 4.78 is 0. The first-order valence-electron chi connectivity index (χ1n) is 5.34. The number of aromatic nitrogens is 1. The predicted octanol–water partition coefficient (Wildman–Crippen LogP) is 1.75. The summed E-state index contributed by atoms with van der Waals surface area (Å²) in [7, 11) is 3.14. The summed E-state index contributed by atoms with van der Waals surface area (Å²) in [5.74, 6) is -0.979. The van der Waals surface area contributed by atoms with Gasteiger partial charge in [-0.15, -0.1) is 0 Å². The van der Waals surface area contributed by atoms with Gasteiger partial charge in [0.1, 0.15) is 0 Å². The molecule has 0 aliphatic carbocycles. The van der Waals surface area contributed by atoms with Crippen LogP contribution in [0.5, 0.6) is 0 Å². The Morgan fingerprint density at radius 3 is 2.53 bits per heavy atom. The molecule has 0 saturated heterocycles. The number of nitrogens with one attached hydrogen (secondary N) is 1. The Kier molecular flexibility index (Phi) is 2.71. The van der Waals surface area contributed by atoms with Gasteiger partial charge in [0, 0.05) is 36.3 Å². The van der Waals surface area contributed by atoms with Gasteiger partial charge in [-0.2, -0.15) is 0 Å². The number of H-pyrrole nitrogens is 1. The molecule has 17 heavy (non-hydrogen) atoms. The third-order valence-corrected chi connectivity index (χ3v) is 2.62. The summed E-state index contributed by atoms with van der Waals surface area (Å²) in [5, 5.41) is 0.944. The normalized spacial score (nSPS) is 10.5. The van der Waals surface area contributed by atoms with Crippen LogP contribution in [-0.4, -0.2) is 35.7 Å². The number of aromatic amines is 1. The minimum absolute atomic E-state index is 0.426. The van der Waals surface area contributed by atoms with Crippen molar-refractivity contribution < 1.29 is 9.59 Å². The highest BCUT2D eigenvalue weighted by atomic mass is 16.2. The second kappa shape index (κ2) is 4.05. The largest absolute Gasteiger partial charge is 0.359 e. The zero-order valence-electron chi connectivity index (χ0n) is 10.1. The number of likely N-dealkylation sites (N-methyl/N-ethyl adjacent to an activating group) is 1. The monoisotopic (exact) mass is 230 g/mol. The van der Waals surface area contributed by atoms with Crippen LogP contribution in [0.25, 0.3) is 10.9 Å². The Morgan fingerprint density at radius 2 is 1.88 bits per heavy atom. The molecule has 0 aliphatic rings. The maximum Gasteiger partial charge on any atom is 0.294 e. The van der Waals surface area contributed by atoms with E-state index in [4.69, 9.17) is 0 Å². The van der Waals surface area contributed by atoms with Crippen molar-refractivity contribution in [2.45, 2.75) is 6.92 Å². The van der Waals surface area contributed by atoms with Crippen molar-refractivity contribution >= 4 is 22.6 Å². The van der Waals surface area contributed by atoms with Gasteiger partial charge in [0.05, 0.1) is 0 Å². The van der Waals surface area contributed by atoms with Crippen molar-refractivity contribution in [1.29, 1.82) is 0 Å². The smallest absolute Gasteiger partial charge is 0.294 e. The van der Waals surface area contributed by atoms with Crippen molar-refractivity contribution in [3.8, 4) is 0 Å². The highest BCUT2D eigenvalue weighted by molar-refractivity contribution is 6.42. The first-order valence-corrected chi connectivity index (χ1v) is 5.34. The summed E-state index contributed by atoms with van der Waals surface area (Å²) >= 11 is 0. The van der Waals surface area contributed by atoms with E-state index >= 15 is 0 Å². The summed E-state index contributed by atoms with van der Waals surface area (Å²) in [5.41, 5.74) is 2.43. The summed E-state index contributed by atoms with van der Waals surface area (Å²) in [6, 6.07) is 7.18. The lowest BCUT2D eigenvalue weighted by atomic mass is 10.1. The van der Waals surface area contributed by atoms with Crippen LogP contribution in [-0.2, 0) is 4.79 Å². The number of nitrogens with zero attached hydrogens (tertiary/aromatic N) is 1. The molecule has 1 aromatic carbocycles. The maximum atomic E-state index is 11.8. The van der Waals surface area contributed by atoms with Crippen LogP contribution in [0.4, 0.5) is 0 Å². The quantitative estimate of drug-likeness (QED) is 0.631. The zero-order chi connectivity index (χ0) is 12.6. The van der Waals surface area contributed by atoms with E-state index in [1.807, 2.05) is 19.1 Å². The molecule has 0 spiro atoms. The number of Topliss-reactive ketones (excluding diaryl/α,β-unsaturated/α-hetero) is 1. The number of benzene rings is 1. The van der Waals surface area contributed by atoms with E-state index in [9.17, 15) is 9.59 Å². The Bertz CT molecular complexity index is 596. The lowest BCUT2D eigenvalue weighted by Crippen LogP contribution is -2.29. The minimum Gasteiger partial charge on any atom is -0.359 e. The fourth-order valence-corrected chi connectivity index (χ4v) is 1.75. The van der Waals surface area contributed by atoms with Gasteiger partial charge in [-0.25, -0.2) is 0 Å². The van der Waals surface area contributed by atoms with Crippen molar-refractivity contribution in [3.05, 3.63) is 35.5 Å². The van der Waals surface area contributed by atoms with Gasteiger partial charge in [-0.3, -0.25) is 9.59 Å². The van der Waals surface area contributed by atoms with Crippen LogP contribution in [0.1, 0.15) is 16.1 Å². The second-order valence-corrected chi connectivity index (χ2v) is 4.28. The Hall–Kier alpha value is -2.10. The first kappa shape index (κ1) is 11.4. The molecule has 4 nitrogen and oxygen atoms in total. The fourth-order valence-electron chi connectivity index (χ4n) is 1.75. The summed E-state index contributed by atoms with van der Waals surface area (Å²) in [6.45, 7) is 1.95. The molecule has 4 heteroatoms. The van der Waals surface area contributed by atoms with Gasteiger partial charge < -0.3 is 9.88 Å². The average Bonchev–Trinajstić information content (AvgIpc) is 2.65. The molecule has 1 amide bonds. The van der Waals surface area contributed by atoms with E-state index in [1.54, 1.807) is 26.2 Å². The van der Waals surface area contributed by atoms with Crippen LogP contribution in [0.15, 0.2) is 24.3 Å². The molecule has 0 fully saturated rings. The van der Waals surface area contributed by atoms with Crippen LogP contribution < -0.4 is 0 Å². The summed E-state index contributed by atoms with van der Waals surface area (Å²) in [4.78, 5) is 27.8. The Balaban J connectivity index is 2.42. The van der Waals surface area contributed by atoms with Gasteiger partial charge in [0.15, 0.2) is 0 Å². The number of aryl methyl sites for hydroxylation is 1. The van der Waals surface area contributed by atoms with Crippen molar-refractivity contribution in [3.63, 3.8) is 0 Å². The number of ketones is 1. The van der Waals surface area contributed by atoms with E-state index in [0.29, 0.717) is 5.56 Å². The van der Waals surface area contributed by atoms with E-state index in [2.05, 4.69) is 4.98 Å². The molecule has 0 saturated carbocycles. The fraction of sp³-hybridized carbons (Fsp3) is 0.231. The second-order valence-electron chi connectivity index (χ2n) is 4.28. The van der Waals surface area contributed by atoms with Crippen LogP contribution in [0.2, 0.25) is 0 Å². The van der Waals surface area contributed by atoms with Crippen LogP contribution >= 0.6 is 0 Å². The van der Waals surface area contributed by atoms with E-state index < -0.39 is 11.7 Å². The molecule has 1 aromatic heterocycles. The first-order chi connectivity index (χ1) is 7.99. The molecular formula is C13H14N2O2. The minimum atomic E-state index is -0.503. The molecule has 2 rings (SSSR count). The van der Waals surface area contributed by atoms with Crippen molar-refractivity contribution in [2.24, 2.45) is 0 Å². The predicted molar refractivity (Wildman–Crippen MR) is 66.1 cm³/mol. The van der Waals surface area contributed by atoms with Crippen molar-refractivity contribution in [2.75, 3.05) is 14.1 Å². The lowest BCUT2D eigenvalue weighted by Gasteiger charge is -2.08. The third-order valence-electron chi connectivity index (χ3n) is 2.62. The van der Waals surface area contributed by atoms with Crippen LogP contribution in [0.3, 0.4) is 0 Å². The molecule has 0 unspecified atom stereocenters. The van der Waals surface area contributed by atoms with Gasteiger partial charge in [-0.1, -0.05) is 0 Å². The molecule has 88 valence electrons. The molecule has 0 atom stereocenters. The topological polar surface area (TPSA) is 53.2 Å². The molecule has 0 bridgehead atoms. The highest BCUT2D eigenvalue weighted by Crippen LogP contribution is 2.17. The number of hydrogen-bond acceptors (Lipinski definition) is 2. The van der Waals surface area contributed by atoms with Crippen molar-refractivity contribution in [1.82, 2.24) is 9.88 Å². The molecule has 0 aliphatic heterocycles. The standard InChI is InChI=1S/C13H14N2O2/c1-8-6-10-7-9(4-5-11(10)14-8)12(16)13(17)15(2)3/h4-7,14H,1-3H3. The lowest BCUT2D eigenvalue weighted by molar-refractivity contribution is -0.124. The SMILES string of the molecule is Cc1cc2cc(C(=O)C(=O)N(C)C)ccc2[nH]1. The third kappa shape index (κ3) is 2.06. The van der Waals surface area contributed by atoms with E-state index in [0.717, 1.165) is 16.6 Å². The number of carbonyl (C=O) groups is 2. The number of amides is 1. The average molecular weight is 230 g/mol. The highest BCUT2D eigenvalue weighted by Gasteiger charge is 2.18. The molecule has 2 aromatic rings. The molecule has 0 radical (unpaired) electrons. The van der Waals surface area contributed by atoms with Gasteiger partial charge in [-0.05, 0) is 31.2 Å². The summed E-state index contributed by atoms with van der Waals surface area (Å²) in [6.07, 6.45) is 0. The van der Waals surface area contributed by atoms with Gasteiger partial charge in [0.2, 0.25) is 5.78 Å². The van der Waals surface area contributed by atoms with Crippen LogP contribution in [0, 0.1) is 6.92 Å².